The number of hydrogen-bond donors (Lipinski definition) is 2. The molecule has 2 aromatic carbocycles. The molecule has 2 rings (SSSR count). The second-order valence-electron chi connectivity index (χ2n) is 4.54. The van der Waals surface area contributed by atoms with Gasteiger partial charge in [0, 0.05) is 0 Å². The van der Waals surface area contributed by atoms with Crippen LogP contribution in [-0.2, 0) is 6.42 Å². The monoisotopic (exact) mass is 270 g/mol. The number of rotatable bonds is 4. The van der Waals surface area contributed by atoms with Crippen LogP contribution in [0, 0.1) is 6.92 Å². The summed E-state index contributed by atoms with van der Waals surface area (Å²) in [5, 5.41) is 18.4. The number of carboxylic acids is 2. The molecular weight excluding hydrogens is 256 g/mol. The summed E-state index contributed by atoms with van der Waals surface area (Å²) in [6.45, 7) is 1.53. The minimum atomic E-state index is -1.11. The molecule has 0 aliphatic carbocycles. The molecule has 102 valence electrons. The van der Waals surface area contributed by atoms with Gasteiger partial charge in [-0.25, -0.2) is 9.59 Å². The number of aromatic carboxylic acids is 2. The van der Waals surface area contributed by atoms with E-state index in [0.717, 1.165) is 5.56 Å². The Balaban J connectivity index is 2.51. The van der Waals surface area contributed by atoms with Crippen molar-refractivity contribution in [1.29, 1.82) is 0 Å². The molecule has 0 radical (unpaired) electrons. The molecule has 0 aliphatic rings. The van der Waals surface area contributed by atoms with E-state index in [-0.39, 0.29) is 11.1 Å². The summed E-state index contributed by atoms with van der Waals surface area (Å²) < 4.78 is 0. The van der Waals surface area contributed by atoms with Gasteiger partial charge in [0.2, 0.25) is 0 Å². The van der Waals surface area contributed by atoms with Crippen LogP contribution in [0.15, 0.2) is 42.5 Å². The lowest BCUT2D eigenvalue weighted by Gasteiger charge is -2.11. The number of carbonyl (C=O) groups is 2. The minimum absolute atomic E-state index is 0.0270. The Kier molecular flexibility index (Phi) is 3.84. The minimum Gasteiger partial charge on any atom is -0.478 e. The van der Waals surface area contributed by atoms with E-state index in [2.05, 4.69) is 0 Å². The average Bonchev–Trinajstić information content (AvgIpc) is 2.39. The fraction of sp³-hybridized carbons (Fsp3) is 0.125. The van der Waals surface area contributed by atoms with E-state index < -0.39 is 11.9 Å². The van der Waals surface area contributed by atoms with Crippen LogP contribution < -0.4 is 0 Å². The van der Waals surface area contributed by atoms with Gasteiger partial charge in [0.25, 0.3) is 0 Å². The van der Waals surface area contributed by atoms with E-state index in [9.17, 15) is 14.7 Å². The maximum atomic E-state index is 11.4. The second-order valence-corrected chi connectivity index (χ2v) is 4.54. The third-order valence-corrected chi connectivity index (χ3v) is 3.23. The first kappa shape index (κ1) is 13.8. The van der Waals surface area contributed by atoms with Crippen molar-refractivity contribution in [3.63, 3.8) is 0 Å². The Hall–Kier alpha value is -2.62. The molecule has 0 saturated heterocycles. The van der Waals surface area contributed by atoms with Crippen LogP contribution in [0.4, 0.5) is 0 Å². The van der Waals surface area contributed by atoms with Crippen molar-refractivity contribution in [3.8, 4) is 0 Å². The van der Waals surface area contributed by atoms with Gasteiger partial charge in [-0.05, 0) is 36.1 Å². The molecule has 0 aliphatic heterocycles. The van der Waals surface area contributed by atoms with Crippen molar-refractivity contribution >= 4 is 11.9 Å². The predicted octanol–water partition coefficient (Wildman–Crippen LogP) is 2.98. The Labute approximate surface area is 116 Å². The number of benzene rings is 2. The van der Waals surface area contributed by atoms with Crippen LogP contribution >= 0.6 is 0 Å². The molecular formula is C16H14O4. The van der Waals surface area contributed by atoms with Gasteiger partial charge in [-0.15, -0.1) is 0 Å². The Morgan fingerprint density at radius 3 is 2.15 bits per heavy atom. The van der Waals surface area contributed by atoms with Crippen LogP contribution in [0.2, 0.25) is 0 Å². The highest BCUT2D eigenvalue weighted by molar-refractivity contribution is 5.97. The normalized spacial score (nSPS) is 10.2. The molecule has 0 saturated carbocycles. The number of carboxylic acid groups (broad SMARTS) is 2. The van der Waals surface area contributed by atoms with E-state index in [0.29, 0.717) is 17.5 Å². The van der Waals surface area contributed by atoms with Crippen molar-refractivity contribution in [1.82, 2.24) is 0 Å². The first-order valence-corrected chi connectivity index (χ1v) is 6.13. The highest BCUT2D eigenvalue weighted by atomic mass is 16.4. The van der Waals surface area contributed by atoms with E-state index in [4.69, 9.17) is 5.11 Å². The van der Waals surface area contributed by atoms with Gasteiger partial charge in [0.15, 0.2) is 0 Å². The second kappa shape index (κ2) is 5.57. The lowest BCUT2D eigenvalue weighted by molar-refractivity contribution is 0.0695. The van der Waals surface area contributed by atoms with Crippen LogP contribution in [0.3, 0.4) is 0 Å². The molecule has 0 amide bonds. The molecule has 0 fully saturated rings. The molecule has 0 aromatic heterocycles. The van der Waals surface area contributed by atoms with Gasteiger partial charge < -0.3 is 10.2 Å². The molecule has 2 N–H and O–H groups in total. The van der Waals surface area contributed by atoms with Gasteiger partial charge >= 0.3 is 11.9 Å². The van der Waals surface area contributed by atoms with Crippen molar-refractivity contribution in [2.75, 3.05) is 0 Å². The van der Waals surface area contributed by atoms with Gasteiger partial charge in [-0.2, -0.15) is 0 Å². The zero-order chi connectivity index (χ0) is 14.7. The van der Waals surface area contributed by atoms with E-state index in [1.54, 1.807) is 6.07 Å². The molecule has 20 heavy (non-hydrogen) atoms. The molecule has 4 heteroatoms. The first-order valence-electron chi connectivity index (χ1n) is 6.13. The summed E-state index contributed by atoms with van der Waals surface area (Å²) in [5.41, 5.74) is 2.00. The summed E-state index contributed by atoms with van der Waals surface area (Å²) in [7, 11) is 0. The van der Waals surface area contributed by atoms with Gasteiger partial charge in [0.05, 0.1) is 11.1 Å². The highest BCUT2D eigenvalue weighted by Crippen LogP contribution is 2.22. The van der Waals surface area contributed by atoms with Gasteiger partial charge in [-0.1, -0.05) is 36.4 Å². The lowest BCUT2D eigenvalue weighted by Crippen LogP contribution is -2.11. The topological polar surface area (TPSA) is 74.6 Å². The standard InChI is InChI=1S/C16H14O4/c1-10-13(15(17)18)8-7-12(14(10)16(19)20)9-11-5-3-2-4-6-11/h2-8H,9H2,1H3,(H,17,18)(H,19,20). The summed E-state index contributed by atoms with van der Waals surface area (Å²) in [4.78, 5) is 22.5. The smallest absolute Gasteiger partial charge is 0.336 e. The van der Waals surface area contributed by atoms with E-state index in [1.807, 2.05) is 30.3 Å². The van der Waals surface area contributed by atoms with Crippen molar-refractivity contribution in [2.24, 2.45) is 0 Å². The van der Waals surface area contributed by atoms with Crippen LogP contribution in [0.25, 0.3) is 0 Å². The lowest BCUT2D eigenvalue weighted by atomic mass is 9.93. The highest BCUT2D eigenvalue weighted by Gasteiger charge is 2.19. The largest absolute Gasteiger partial charge is 0.478 e. The fourth-order valence-electron chi connectivity index (χ4n) is 2.26. The SMILES string of the molecule is Cc1c(C(=O)O)ccc(Cc2ccccc2)c1C(=O)O. The molecule has 0 heterocycles. The molecule has 0 bridgehead atoms. The molecule has 0 unspecified atom stereocenters. The Bertz CT molecular complexity index is 660. The molecule has 4 nitrogen and oxygen atoms in total. The van der Waals surface area contributed by atoms with Crippen LogP contribution in [0.1, 0.15) is 37.4 Å². The number of hydrogen-bond acceptors (Lipinski definition) is 2. The molecule has 0 atom stereocenters. The third-order valence-electron chi connectivity index (χ3n) is 3.23. The Morgan fingerprint density at radius 2 is 1.60 bits per heavy atom. The van der Waals surface area contributed by atoms with Crippen molar-refractivity contribution in [3.05, 3.63) is 70.3 Å². The first-order chi connectivity index (χ1) is 9.50. The summed E-state index contributed by atoms with van der Waals surface area (Å²) in [6, 6.07) is 12.5. The van der Waals surface area contributed by atoms with Gasteiger partial charge in [0.1, 0.15) is 0 Å². The fourth-order valence-corrected chi connectivity index (χ4v) is 2.26. The van der Waals surface area contributed by atoms with E-state index in [1.165, 1.54) is 13.0 Å². The molecule has 2 aromatic rings. The average molecular weight is 270 g/mol. The van der Waals surface area contributed by atoms with Crippen molar-refractivity contribution in [2.45, 2.75) is 13.3 Å². The summed E-state index contributed by atoms with van der Waals surface area (Å²) >= 11 is 0. The zero-order valence-corrected chi connectivity index (χ0v) is 11.0. The quantitative estimate of drug-likeness (QED) is 0.895. The third kappa shape index (κ3) is 2.69. The maximum absolute atomic E-state index is 11.4. The van der Waals surface area contributed by atoms with Crippen LogP contribution in [0.5, 0.6) is 0 Å². The summed E-state index contributed by atoms with van der Waals surface area (Å²) in [6.07, 6.45) is 0.462. The van der Waals surface area contributed by atoms with E-state index >= 15 is 0 Å². The van der Waals surface area contributed by atoms with Crippen LogP contribution in [-0.4, -0.2) is 22.2 Å². The Morgan fingerprint density at radius 1 is 0.950 bits per heavy atom. The molecule has 0 spiro atoms. The summed E-state index contributed by atoms with van der Waals surface area (Å²) in [5.74, 6) is -2.22. The zero-order valence-electron chi connectivity index (χ0n) is 11.0. The van der Waals surface area contributed by atoms with Gasteiger partial charge in [-0.3, -0.25) is 0 Å². The predicted molar refractivity (Wildman–Crippen MR) is 74.3 cm³/mol. The van der Waals surface area contributed by atoms with Crippen molar-refractivity contribution < 1.29 is 19.8 Å². The maximum Gasteiger partial charge on any atom is 0.336 e.